The Morgan fingerprint density at radius 1 is 0.909 bits per heavy atom. The van der Waals surface area contributed by atoms with Crippen molar-refractivity contribution in [1.29, 1.82) is 0 Å². The summed E-state index contributed by atoms with van der Waals surface area (Å²) in [7, 11) is 0. The summed E-state index contributed by atoms with van der Waals surface area (Å²) in [5, 5.41) is 29.3. The lowest BCUT2D eigenvalue weighted by molar-refractivity contribution is 0.0697. The van der Waals surface area contributed by atoms with Crippen molar-refractivity contribution in [1.82, 2.24) is 0 Å². The highest BCUT2D eigenvalue weighted by Gasteiger charge is 2.34. The van der Waals surface area contributed by atoms with Crippen molar-refractivity contribution in [2.45, 2.75) is 96.9 Å². The SMILES string of the molecule is CCc1cc(C2(CCc3ccc(CO)c(CO)c3)CCCCC2)ccc1OCC(O)C(C)C. The molecule has 0 radical (unpaired) electrons. The van der Waals surface area contributed by atoms with Crippen molar-refractivity contribution >= 4 is 0 Å². The molecule has 0 saturated heterocycles. The maximum absolute atomic E-state index is 10.1. The van der Waals surface area contributed by atoms with Crippen LogP contribution >= 0.6 is 0 Å². The molecule has 4 heteroatoms. The Hall–Kier alpha value is -1.88. The molecule has 182 valence electrons. The van der Waals surface area contributed by atoms with Crippen LogP contribution in [0, 0.1) is 5.92 Å². The number of aliphatic hydroxyl groups excluding tert-OH is 3. The van der Waals surface area contributed by atoms with Gasteiger partial charge in [0.15, 0.2) is 0 Å². The average molecular weight is 455 g/mol. The molecule has 0 aliphatic heterocycles. The van der Waals surface area contributed by atoms with E-state index >= 15 is 0 Å². The molecule has 2 aromatic carbocycles. The maximum Gasteiger partial charge on any atom is 0.122 e. The van der Waals surface area contributed by atoms with Gasteiger partial charge in [-0.1, -0.05) is 70.4 Å². The van der Waals surface area contributed by atoms with Gasteiger partial charge in [-0.15, -0.1) is 0 Å². The molecule has 3 N–H and O–H groups in total. The van der Waals surface area contributed by atoms with Crippen molar-refractivity contribution in [3.63, 3.8) is 0 Å². The van der Waals surface area contributed by atoms with Gasteiger partial charge in [-0.05, 0) is 77.3 Å². The molecule has 1 atom stereocenters. The van der Waals surface area contributed by atoms with Crippen molar-refractivity contribution in [2.24, 2.45) is 5.92 Å². The summed E-state index contributed by atoms with van der Waals surface area (Å²) in [6, 6.07) is 12.8. The molecule has 2 aromatic rings. The van der Waals surface area contributed by atoms with Gasteiger partial charge in [0.1, 0.15) is 12.4 Å². The Labute approximate surface area is 199 Å². The molecule has 0 bridgehead atoms. The van der Waals surface area contributed by atoms with Gasteiger partial charge in [-0.3, -0.25) is 0 Å². The van der Waals surface area contributed by atoms with Crippen LogP contribution in [0.15, 0.2) is 36.4 Å². The number of ether oxygens (including phenoxy) is 1. The first kappa shape index (κ1) is 25.7. The normalized spacial score (nSPS) is 16.7. The van der Waals surface area contributed by atoms with Crippen LogP contribution in [-0.2, 0) is 31.5 Å². The molecule has 0 aromatic heterocycles. The second-order valence-corrected chi connectivity index (χ2v) is 10.1. The number of aliphatic hydroxyl groups is 3. The van der Waals surface area contributed by atoms with E-state index in [1.54, 1.807) is 0 Å². The molecule has 0 heterocycles. The van der Waals surface area contributed by atoms with E-state index in [4.69, 9.17) is 4.74 Å². The van der Waals surface area contributed by atoms with Gasteiger partial charge in [-0.25, -0.2) is 0 Å². The van der Waals surface area contributed by atoms with E-state index in [-0.39, 0.29) is 24.5 Å². The topological polar surface area (TPSA) is 69.9 Å². The minimum atomic E-state index is -0.458. The Morgan fingerprint density at radius 3 is 2.27 bits per heavy atom. The molecule has 4 nitrogen and oxygen atoms in total. The van der Waals surface area contributed by atoms with E-state index in [2.05, 4.69) is 37.3 Å². The highest BCUT2D eigenvalue weighted by atomic mass is 16.5. The fraction of sp³-hybridized carbons (Fsp3) is 0.586. The van der Waals surface area contributed by atoms with Crippen LogP contribution in [0.5, 0.6) is 5.75 Å². The summed E-state index contributed by atoms with van der Waals surface area (Å²) < 4.78 is 6.01. The number of hydrogen-bond acceptors (Lipinski definition) is 4. The van der Waals surface area contributed by atoms with Crippen molar-refractivity contribution in [3.05, 3.63) is 64.2 Å². The van der Waals surface area contributed by atoms with E-state index in [0.717, 1.165) is 36.1 Å². The number of rotatable bonds is 11. The van der Waals surface area contributed by atoms with Crippen molar-refractivity contribution in [2.75, 3.05) is 6.61 Å². The molecular weight excluding hydrogens is 412 g/mol. The molecule has 1 saturated carbocycles. The van der Waals surface area contributed by atoms with Crippen LogP contribution in [0.2, 0.25) is 0 Å². The fourth-order valence-corrected chi connectivity index (χ4v) is 5.13. The smallest absolute Gasteiger partial charge is 0.122 e. The second kappa shape index (κ2) is 12.0. The van der Waals surface area contributed by atoms with Crippen LogP contribution in [0.25, 0.3) is 0 Å². The lowest BCUT2D eigenvalue weighted by Gasteiger charge is -2.39. The maximum atomic E-state index is 10.1. The highest BCUT2D eigenvalue weighted by Crippen LogP contribution is 2.44. The Balaban J connectivity index is 1.81. The predicted molar refractivity (Wildman–Crippen MR) is 134 cm³/mol. The van der Waals surface area contributed by atoms with Crippen LogP contribution in [-0.4, -0.2) is 28.0 Å². The van der Waals surface area contributed by atoms with E-state index in [1.165, 1.54) is 48.8 Å². The largest absolute Gasteiger partial charge is 0.491 e. The van der Waals surface area contributed by atoms with E-state index in [0.29, 0.717) is 6.61 Å². The predicted octanol–water partition coefficient (Wildman–Crippen LogP) is 5.46. The van der Waals surface area contributed by atoms with Crippen molar-refractivity contribution in [3.8, 4) is 5.75 Å². The van der Waals surface area contributed by atoms with Gasteiger partial charge in [-0.2, -0.15) is 0 Å². The molecule has 3 rings (SSSR count). The van der Waals surface area contributed by atoms with Gasteiger partial charge in [0.25, 0.3) is 0 Å². The van der Waals surface area contributed by atoms with Crippen LogP contribution in [0.4, 0.5) is 0 Å². The van der Waals surface area contributed by atoms with Crippen molar-refractivity contribution < 1.29 is 20.1 Å². The number of aryl methyl sites for hydroxylation is 2. The zero-order valence-corrected chi connectivity index (χ0v) is 20.6. The van der Waals surface area contributed by atoms with Crippen LogP contribution < -0.4 is 4.74 Å². The highest BCUT2D eigenvalue weighted by molar-refractivity contribution is 5.41. The van der Waals surface area contributed by atoms with Gasteiger partial charge < -0.3 is 20.1 Å². The van der Waals surface area contributed by atoms with Crippen LogP contribution in [0.1, 0.15) is 87.1 Å². The summed E-state index contributed by atoms with van der Waals surface area (Å²) in [6.07, 6.45) is 8.69. The summed E-state index contributed by atoms with van der Waals surface area (Å²) in [6.45, 7) is 6.42. The molecule has 33 heavy (non-hydrogen) atoms. The molecule has 1 aliphatic rings. The Bertz CT molecular complexity index is 883. The van der Waals surface area contributed by atoms with E-state index in [1.807, 2.05) is 19.9 Å². The second-order valence-electron chi connectivity index (χ2n) is 10.1. The molecule has 0 spiro atoms. The lowest BCUT2D eigenvalue weighted by atomic mass is 9.66. The molecule has 1 unspecified atom stereocenters. The third-order valence-corrected chi connectivity index (χ3v) is 7.55. The van der Waals surface area contributed by atoms with Gasteiger partial charge in [0.05, 0.1) is 19.3 Å². The van der Waals surface area contributed by atoms with Crippen LogP contribution in [0.3, 0.4) is 0 Å². The Kier molecular flexibility index (Phi) is 9.37. The molecule has 0 amide bonds. The number of benzene rings is 2. The Morgan fingerprint density at radius 2 is 1.64 bits per heavy atom. The number of hydrogen-bond donors (Lipinski definition) is 3. The van der Waals surface area contributed by atoms with Gasteiger partial charge >= 0.3 is 0 Å². The summed E-state index contributed by atoms with van der Waals surface area (Å²) in [4.78, 5) is 0. The first-order valence-corrected chi connectivity index (χ1v) is 12.7. The summed E-state index contributed by atoms with van der Waals surface area (Å²) in [5.41, 5.74) is 5.63. The first-order chi connectivity index (χ1) is 15.9. The van der Waals surface area contributed by atoms with E-state index < -0.39 is 6.10 Å². The third kappa shape index (κ3) is 6.38. The third-order valence-electron chi connectivity index (χ3n) is 7.55. The zero-order chi connectivity index (χ0) is 23.8. The summed E-state index contributed by atoms with van der Waals surface area (Å²) >= 11 is 0. The molecule has 1 fully saturated rings. The standard InChI is InChI=1S/C29H42O4/c1-4-23-17-26(10-11-28(23)33-20-27(32)21(2)3)29(13-6-5-7-14-29)15-12-22-8-9-24(18-30)25(16-22)19-31/h8-11,16-17,21,27,30-32H,4-7,12-15,18-20H2,1-3H3. The minimum absolute atomic E-state index is 0.0392. The quantitative estimate of drug-likeness (QED) is 0.421. The fourth-order valence-electron chi connectivity index (χ4n) is 5.13. The molecular formula is C29H42O4. The van der Waals surface area contributed by atoms with Gasteiger partial charge in [0, 0.05) is 0 Å². The minimum Gasteiger partial charge on any atom is -0.491 e. The van der Waals surface area contributed by atoms with Gasteiger partial charge in [0.2, 0.25) is 0 Å². The monoisotopic (exact) mass is 454 g/mol. The zero-order valence-electron chi connectivity index (χ0n) is 20.6. The lowest BCUT2D eigenvalue weighted by Crippen LogP contribution is -2.30. The molecule has 1 aliphatic carbocycles. The first-order valence-electron chi connectivity index (χ1n) is 12.7. The van der Waals surface area contributed by atoms with E-state index in [9.17, 15) is 15.3 Å². The summed E-state index contributed by atoms with van der Waals surface area (Å²) in [5.74, 6) is 1.07. The average Bonchev–Trinajstić information content (AvgIpc) is 2.86.